The van der Waals surface area contributed by atoms with Crippen LogP contribution in [0.4, 0.5) is 5.69 Å². The van der Waals surface area contributed by atoms with Gasteiger partial charge in [-0.3, -0.25) is 14.9 Å². The van der Waals surface area contributed by atoms with Gasteiger partial charge < -0.3 is 10.0 Å². The fraction of sp³-hybridized carbons (Fsp3) is 0.533. The number of hydrogen-bond acceptors (Lipinski definition) is 4. The lowest BCUT2D eigenvalue weighted by atomic mass is 10.00. The predicted octanol–water partition coefficient (Wildman–Crippen LogP) is 1.75. The summed E-state index contributed by atoms with van der Waals surface area (Å²) in [6.45, 7) is 2.80. The topological polar surface area (TPSA) is 83.7 Å². The number of rotatable bonds is 2. The minimum absolute atomic E-state index is 0.122. The Morgan fingerprint density at radius 3 is 2.81 bits per heavy atom. The number of aryl methyl sites for hydroxylation is 1. The molecule has 1 saturated heterocycles. The van der Waals surface area contributed by atoms with Gasteiger partial charge in [0.05, 0.1) is 11.0 Å². The van der Waals surface area contributed by atoms with Crippen molar-refractivity contribution in [2.75, 3.05) is 13.1 Å². The van der Waals surface area contributed by atoms with E-state index in [0.717, 1.165) is 12.8 Å². The molecule has 3 atom stereocenters. The number of carbonyl (C=O) groups is 1. The molecule has 1 aromatic carbocycles. The average molecular weight is 290 g/mol. The van der Waals surface area contributed by atoms with Gasteiger partial charge in [0.15, 0.2) is 0 Å². The van der Waals surface area contributed by atoms with Crippen LogP contribution in [0.15, 0.2) is 18.2 Å². The summed E-state index contributed by atoms with van der Waals surface area (Å²) >= 11 is 0. The number of benzene rings is 1. The maximum Gasteiger partial charge on any atom is 0.282 e. The molecule has 6 heteroatoms. The van der Waals surface area contributed by atoms with Crippen molar-refractivity contribution in [2.45, 2.75) is 25.9 Å². The summed E-state index contributed by atoms with van der Waals surface area (Å²) in [6, 6.07) is 4.67. The fourth-order valence-electron chi connectivity index (χ4n) is 3.64. The summed E-state index contributed by atoms with van der Waals surface area (Å²) in [5, 5.41) is 21.1. The molecule has 1 N–H and O–H groups in total. The van der Waals surface area contributed by atoms with Crippen LogP contribution in [0.1, 0.15) is 28.8 Å². The molecule has 0 bridgehead atoms. The van der Waals surface area contributed by atoms with Gasteiger partial charge in [-0.2, -0.15) is 0 Å². The van der Waals surface area contributed by atoms with Gasteiger partial charge in [-0.15, -0.1) is 0 Å². The maximum absolute atomic E-state index is 12.7. The first-order valence-corrected chi connectivity index (χ1v) is 7.20. The first-order valence-electron chi connectivity index (χ1n) is 7.20. The van der Waals surface area contributed by atoms with Crippen molar-refractivity contribution in [1.29, 1.82) is 0 Å². The number of nitro groups is 1. The van der Waals surface area contributed by atoms with E-state index in [4.69, 9.17) is 0 Å². The molecule has 2 fully saturated rings. The minimum Gasteiger partial charge on any atom is -0.393 e. The van der Waals surface area contributed by atoms with E-state index in [-0.39, 0.29) is 29.2 Å². The van der Waals surface area contributed by atoms with Crippen molar-refractivity contribution in [2.24, 2.45) is 11.8 Å². The van der Waals surface area contributed by atoms with E-state index >= 15 is 0 Å². The summed E-state index contributed by atoms with van der Waals surface area (Å²) in [5.74, 6) is 0.158. The van der Waals surface area contributed by atoms with E-state index in [9.17, 15) is 20.0 Å². The Bertz CT molecular complexity index is 601. The molecule has 6 nitrogen and oxygen atoms in total. The Balaban J connectivity index is 1.89. The number of fused-ring (bicyclic) bond motifs is 1. The minimum atomic E-state index is -0.508. The molecule has 21 heavy (non-hydrogen) atoms. The van der Waals surface area contributed by atoms with Crippen LogP contribution in [0, 0.1) is 28.9 Å². The van der Waals surface area contributed by atoms with Crippen LogP contribution in [0.2, 0.25) is 0 Å². The lowest BCUT2D eigenvalue weighted by Crippen LogP contribution is -2.32. The van der Waals surface area contributed by atoms with Crippen LogP contribution in [0.3, 0.4) is 0 Å². The predicted molar refractivity (Wildman–Crippen MR) is 76.0 cm³/mol. The van der Waals surface area contributed by atoms with Gasteiger partial charge in [0.1, 0.15) is 5.56 Å². The third-order valence-corrected chi connectivity index (χ3v) is 4.77. The van der Waals surface area contributed by atoms with E-state index in [1.54, 1.807) is 24.0 Å². The van der Waals surface area contributed by atoms with Gasteiger partial charge >= 0.3 is 0 Å². The second-order valence-corrected chi connectivity index (χ2v) is 6.00. The van der Waals surface area contributed by atoms with E-state index in [0.29, 0.717) is 24.6 Å². The molecule has 1 aliphatic heterocycles. The van der Waals surface area contributed by atoms with Gasteiger partial charge in [-0.05, 0) is 31.2 Å². The van der Waals surface area contributed by atoms with Crippen LogP contribution in [0.25, 0.3) is 0 Å². The average Bonchev–Trinajstić information content (AvgIpc) is 3.00. The van der Waals surface area contributed by atoms with Crippen molar-refractivity contribution in [3.05, 3.63) is 39.4 Å². The highest BCUT2D eigenvalue weighted by molar-refractivity contribution is 5.99. The van der Waals surface area contributed by atoms with Crippen molar-refractivity contribution < 1.29 is 14.8 Å². The van der Waals surface area contributed by atoms with Gasteiger partial charge in [0.2, 0.25) is 0 Å². The number of hydrogen-bond donors (Lipinski definition) is 1. The van der Waals surface area contributed by atoms with Crippen LogP contribution >= 0.6 is 0 Å². The third-order valence-electron chi connectivity index (χ3n) is 4.77. The Morgan fingerprint density at radius 1 is 1.38 bits per heavy atom. The van der Waals surface area contributed by atoms with E-state index < -0.39 is 4.92 Å². The SMILES string of the molecule is Cc1cccc([N+](=O)[O-])c1C(=O)N1CC2CCC(O)C2C1. The number of nitrogens with zero attached hydrogens (tertiary/aromatic N) is 2. The normalized spacial score (nSPS) is 27.7. The van der Waals surface area contributed by atoms with Gasteiger partial charge in [-0.1, -0.05) is 12.1 Å². The second-order valence-electron chi connectivity index (χ2n) is 6.00. The zero-order valence-electron chi connectivity index (χ0n) is 11.9. The molecule has 1 aliphatic carbocycles. The first-order chi connectivity index (χ1) is 9.99. The molecule has 1 aromatic rings. The van der Waals surface area contributed by atoms with E-state index in [2.05, 4.69) is 0 Å². The summed E-state index contributed by atoms with van der Waals surface area (Å²) < 4.78 is 0. The monoisotopic (exact) mass is 290 g/mol. The van der Waals surface area contributed by atoms with Crippen LogP contribution in [-0.4, -0.2) is 40.0 Å². The van der Waals surface area contributed by atoms with Crippen molar-refractivity contribution in [3.8, 4) is 0 Å². The lowest BCUT2D eigenvalue weighted by molar-refractivity contribution is -0.385. The number of amides is 1. The first kappa shape index (κ1) is 14.0. The van der Waals surface area contributed by atoms with Gasteiger partial charge in [0, 0.05) is 25.1 Å². The maximum atomic E-state index is 12.7. The molecule has 112 valence electrons. The molecular formula is C15H18N2O4. The molecular weight excluding hydrogens is 272 g/mol. The van der Waals surface area contributed by atoms with Crippen molar-refractivity contribution in [1.82, 2.24) is 4.90 Å². The highest BCUT2D eigenvalue weighted by Gasteiger charge is 2.44. The number of aliphatic hydroxyl groups is 1. The highest BCUT2D eigenvalue weighted by atomic mass is 16.6. The summed E-state index contributed by atoms with van der Waals surface area (Å²) in [7, 11) is 0. The summed E-state index contributed by atoms with van der Waals surface area (Å²) in [5.41, 5.74) is 0.654. The van der Waals surface area contributed by atoms with Gasteiger partial charge in [-0.25, -0.2) is 0 Å². The Morgan fingerprint density at radius 2 is 2.14 bits per heavy atom. The Hall–Kier alpha value is -1.95. The number of nitro benzene ring substituents is 1. The zero-order valence-corrected chi connectivity index (χ0v) is 11.9. The standard InChI is InChI=1S/C15H18N2O4/c1-9-3-2-4-12(17(20)21)14(9)15(19)16-7-10-5-6-13(18)11(10)8-16/h2-4,10-11,13,18H,5-8H2,1H3. The van der Waals surface area contributed by atoms with E-state index in [1.165, 1.54) is 6.07 Å². The quantitative estimate of drug-likeness (QED) is 0.664. The second kappa shape index (κ2) is 5.11. The Kier molecular flexibility index (Phi) is 3.41. The molecule has 1 saturated carbocycles. The molecule has 0 aromatic heterocycles. The fourth-order valence-corrected chi connectivity index (χ4v) is 3.64. The Labute approximate surface area is 122 Å². The molecule has 1 amide bonds. The van der Waals surface area contributed by atoms with Crippen LogP contribution < -0.4 is 0 Å². The molecule has 3 rings (SSSR count). The smallest absolute Gasteiger partial charge is 0.282 e. The lowest BCUT2D eigenvalue weighted by Gasteiger charge is -2.19. The third kappa shape index (κ3) is 2.29. The zero-order chi connectivity index (χ0) is 15.1. The summed E-state index contributed by atoms with van der Waals surface area (Å²) in [4.78, 5) is 25.0. The largest absolute Gasteiger partial charge is 0.393 e. The van der Waals surface area contributed by atoms with E-state index in [1.807, 2.05) is 0 Å². The molecule has 0 radical (unpaired) electrons. The summed E-state index contributed by atoms with van der Waals surface area (Å²) in [6.07, 6.45) is 1.37. The molecule has 0 spiro atoms. The number of likely N-dealkylation sites (tertiary alicyclic amines) is 1. The highest BCUT2D eigenvalue weighted by Crippen LogP contribution is 2.39. The van der Waals surface area contributed by atoms with Crippen LogP contribution in [0.5, 0.6) is 0 Å². The molecule has 2 aliphatic rings. The number of carbonyl (C=O) groups excluding carboxylic acids is 1. The molecule has 3 unspecified atom stereocenters. The van der Waals surface area contributed by atoms with Crippen molar-refractivity contribution in [3.63, 3.8) is 0 Å². The van der Waals surface area contributed by atoms with Crippen molar-refractivity contribution >= 4 is 11.6 Å². The van der Waals surface area contributed by atoms with Gasteiger partial charge in [0.25, 0.3) is 11.6 Å². The number of aliphatic hydroxyl groups excluding tert-OH is 1. The van der Waals surface area contributed by atoms with Crippen LogP contribution in [-0.2, 0) is 0 Å². The molecule has 1 heterocycles.